The molecule has 7 aromatic carbocycles. The number of aromatic nitrogens is 4. The number of benzene rings is 7. The minimum atomic E-state index is -1.50. The van der Waals surface area contributed by atoms with Gasteiger partial charge in [0.05, 0.1) is 78.8 Å². The second-order valence-electron chi connectivity index (χ2n) is 23.8. The summed E-state index contributed by atoms with van der Waals surface area (Å²) >= 11 is 0. The van der Waals surface area contributed by atoms with E-state index < -0.39 is 104 Å². The third-order valence-electron chi connectivity index (χ3n) is 20.2. The highest BCUT2D eigenvalue weighted by atomic mass is 16.2. The van der Waals surface area contributed by atoms with Crippen molar-refractivity contribution >= 4 is 110 Å². The molecule has 18 nitrogen and oxygen atoms in total. The molecule has 0 N–H and O–H groups in total. The molecular formula is C63H44N6O12. The molecule has 23 heterocycles. The monoisotopic (exact) mass is 1080 g/mol. The lowest BCUT2D eigenvalue weighted by Crippen LogP contribution is -2.53. The molecule has 398 valence electrons. The zero-order valence-electron chi connectivity index (χ0n) is 43.4. The molecule has 3 fully saturated rings. The minimum absolute atomic E-state index is 0.119. The molecule has 0 spiro atoms. The van der Waals surface area contributed by atoms with E-state index in [1.165, 1.54) is 34.1 Å². The molecule has 33 rings (SSSR count). The van der Waals surface area contributed by atoms with Crippen LogP contribution in [0.25, 0.3) is 86.2 Å². The summed E-state index contributed by atoms with van der Waals surface area (Å²) in [4.78, 5) is 182. The van der Waals surface area contributed by atoms with Crippen molar-refractivity contribution in [3.63, 3.8) is 0 Å². The van der Waals surface area contributed by atoms with Gasteiger partial charge in [-0.15, -0.1) is 0 Å². The van der Waals surface area contributed by atoms with Crippen molar-refractivity contribution in [3.05, 3.63) is 178 Å². The van der Waals surface area contributed by atoms with Crippen LogP contribution in [-0.4, -0.2) is 63.8 Å². The Morgan fingerprint density at radius 2 is 0.617 bits per heavy atom. The van der Waals surface area contributed by atoms with Gasteiger partial charge in [0.25, 0.3) is 68.1 Å². The van der Waals surface area contributed by atoms with Crippen LogP contribution >= 0.6 is 0 Å². The lowest BCUT2D eigenvalue weighted by atomic mass is 9.78. The van der Waals surface area contributed by atoms with Crippen molar-refractivity contribution in [3.8, 4) is 0 Å². The smallest absolute Gasteiger partial charge is 0.262 e. The quantitative estimate of drug-likeness (QED) is 0.0889. The third-order valence-corrected chi connectivity index (χ3v) is 20.2. The third kappa shape index (κ3) is 5.39. The molecule has 3 aliphatic carbocycles. The Kier molecular flexibility index (Phi) is 8.81. The Bertz CT molecular complexity index is 5110. The molecule has 22 aliphatic rings. The molecule has 0 saturated heterocycles. The summed E-state index contributed by atoms with van der Waals surface area (Å²) in [6.07, 6.45) is 4.80. The maximum absolute atomic E-state index is 15.2. The lowest BCUT2D eigenvalue weighted by Gasteiger charge is -2.41. The van der Waals surface area contributed by atoms with Gasteiger partial charge in [0.1, 0.15) is 0 Å². The average molecular weight is 1080 g/mol. The largest absolute Gasteiger partial charge is 0.269 e. The van der Waals surface area contributed by atoms with Crippen LogP contribution in [0.1, 0.15) is 144 Å². The maximum Gasteiger partial charge on any atom is 0.262 e. The summed E-state index contributed by atoms with van der Waals surface area (Å²) in [5, 5.41) is 3.78. The first-order valence-electron chi connectivity index (χ1n) is 27.9. The van der Waals surface area contributed by atoms with Gasteiger partial charge in [-0.25, -0.2) is 0 Å². The van der Waals surface area contributed by atoms with E-state index in [2.05, 4.69) is 0 Å². The van der Waals surface area contributed by atoms with Gasteiger partial charge < -0.3 is 0 Å². The normalized spacial score (nSPS) is 23.9. The van der Waals surface area contributed by atoms with Crippen LogP contribution in [0.15, 0.2) is 111 Å². The van der Waals surface area contributed by atoms with Gasteiger partial charge in [0, 0.05) is 33.0 Å². The summed E-state index contributed by atoms with van der Waals surface area (Å²) in [5.41, 5.74) is -6.65. The van der Waals surface area contributed by atoms with Crippen LogP contribution in [-0.2, 0) is 5.54 Å². The first-order chi connectivity index (χ1) is 39.1. The zero-order valence-corrected chi connectivity index (χ0v) is 43.4. The van der Waals surface area contributed by atoms with E-state index in [4.69, 9.17) is 0 Å². The Hall–Kier alpha value is -9.32. The molecule has 6 atom stereocenters. The molecule has 26 bridgehead atoms. The molecule has 11 aromatic rings. The van der Waals surface area contributed by atoms with E-state index in [1.54, 1.807) is 55.5 Å². The number of nitrogens with zero attached hydrogens (tertiary/aromatic N) is 6. The minimum Gasteiger partial charge on any atom is -0.269 e. The molecule has 2 unspecified atom stereocenters. The van der Waals surface area contributed by atoms with Gasteiger partial charge in [0.15, 0.2) is 0 Å². The number of imide groups is 2. The highest BCUT2D eigenvalue weighted by Gasteiger charge is 2.48. The van der Waals surface area contributed by atoms with E-state index in [0.717, 1.165) is 18.3 Å². The van der Waals surface area contributed by atoms with Gasteiger partial charge in [-0.1, -0.05) is 62.8 Å². The van der Waals surface area contributed by atoms with Crippen molar-refractivity contribution in [2.75, 3.05) is 0 Å². The SMILES string of the molecule is C[C@@]12CCCCC1n1c(=O)c3cc4c(=O)n(c(=O)c4cc3c1=O)[C@@H]1CCCC[C@H]1N1C(=O)c3ccc4c5ccc6c7c(ccc(c8ccc(c3c48)C1=O)c75)C(=O)N(C6=O)[C@@H]1CCCCC1n1c(=O)c3cc4c(=O)n2c(=O)c4cc3c1=O. The van der Waals surface area contributed by atoms with Crippen molar-refractivity contribution < 1.29 is 19.2 Å². The Labute approximate surface area is 452 Å². The van der Waals surface area contributed by atoms with E-state index >= 15 is 19.2 Å². The Balaban J connectivity index is 0.928. The predicted octanol–water partition coefficient (Wildman–Crippen LogP) is 6.59. The number of hydrogen-bond acceptors (Lipinski definition) is 12. The van der Waals surface area contributed by atoms with Gasteiger partial charge in [-0.05, 0) is 126 Å². The van der Waals surface area contributed by atoms with E-state index in [9.17, 15) is 38.4 Å². The van der Waals surface area contributed by atoms with E-state index in [0.29, 0.717) is 81.6 Å². The predicted molar refractivity (Wildman–Crippen MR) is 302 cm³/mol. The van der Waals surface area contributed by atoms with Crippen LogP contribution in [0.2, 0.25) is 0 Å². The highest BCUT2D eigenvalue weighted by molar-refractivity contribution is 6.41. The van der Waals surface area contributed by atoms with Crippen molar-refractivity contribution in [1.29, 1.82) is 0 Å². The van der Waals surface area contributed by atoms with Crippen LogP contribution < -0.4 is 44.5 Å². The fraction of sp³-hybridized carbons (Fsp3) is 0.302. The molecular weight excluding hydrogens is 1030 g/mol. The first-order valence-corrected chi connectivity index (χ1v) is 27.9. The van der Waals surface area contributed by atoms with Crippen LogP contribution in [0, 0.1) is 0 Å². The molecule has 0 radical (unpaired) electrons. The summed E-state index contributed by atoms with van der Waals surface area (Å²) in [5.74, 6) is -2.40. The van der Waals surface area contributed by atoms with Crippen molar-refractivity contribution in [2.24, 2.45) is 0 Å². The van der Waals surface area contributed by atoms with Gasteiger partial charge in [0.2, 0.25) is 0 Å². The van der Waals surface area contributed by atoms with E-state index in [1.807, 2.05) is 0 Å². The van der Waals surface area contributed by atoms with Crippen molar-refractivity contribution in [1.82, 2.24) is 28.1 Å². The number of hydrogen-bond donors (Lipinski definition) is 0. The second kappa shape index (κ2) is 15.3. The number of carbonyl (C=O) groups is 4. The molecule has 4 aromatic heterocycles. The number of carbonyl (C=O) groups excluding carboxylic acids is 4. The van der Waals surface area contributed by atoms with Gasteiger partial charge >= 0.3 is 0 Å². The fourth-order valence-electron chi connectivity index (χ4n) is 16.6. The molecule has 81 heavy (non-hydrogen) atoms. The maximum atomic E-state index is 15.2. The zero-order chi connectivity index (χ0) is 55.3. The van der Waals surface area contributed by atoms with Crippen LogP contribution in [0.5, 0.6) is 0 Å². The first kappa shape index (κ1) is 46.6. The van der Waals surface area contributed by atoms with Gasteiger partial charge in [-0.3, -0.25) is 85.6 Å². The van der Waals surface area contributed by atoms with Crippen LogP contribution in [0.3, 0.4) is 0 Å². The molecule has 3 saturated carbocycles. The fourth-order valence-corrected chi connectivity index (χ4v) is 16.6. The summed E-state index contributed by atoms with van der Waals surface area (Å²) in [6, 6.07) is 14.0. The summed E-state index contributed by atoms with van der Waals surface area (Å²) in [6.45, 7) is 1.63. The van der Waals surface area contributed by atoms with Crippen LogP contribution in [0.4, 0.5) is 0 Å². The average Bonchev–Trinajstić information content (AvgIpc) is 4.21. The van der Waals surface area contributed by atoms with E-state index in [-0.39, 0.29) is 104 Å². The Morgan fingerprint density at radius 1 is 0.321 bits per heavy atom. The molecule has 19 aliphatic heterocycles. The Morgan fingerprint density at radius 3 is 0.963 bits per heavy atom. The highest BCUT2D eigenvalue weighted by Crippen LogP contribution is 2.49. The number of rotatable bonds is 0. The van der Waals surface area contributed by atoms with Gasteiger partial charge in [-0.2, -0.15) is 0 Å². The topological polar surface area (TPSA) is 231 Å². The molecule has 4 amide bonds. The van der Waals surface area contributed by atoms with Crippen molar-refractivity contribution in [2.45, 2.75) is 120 Å². The summed E-state index contributed by atoms with van der Waals surface area (Å²) < 4.78 is 4.19. The lowest BCUT2D eigenvalue weighted by molar-refractivity contribution is 0.0418. The summed E-state index contributed by atoms with van der Waals surface area (Å²) in [7, 11) is 0. The standard InChI is InChI=1S/C63H44N6O12/c1-63-21-7-6-12-46(63)68-59(78)38-22-34-35(23-39(38)60(68)79)56(75)66(55(34)74)44-10-4-2-8-42(44)64-51(70)30-17-13-26-28-15-19-32-50-33(20-16-29(48(28)50)27-14-18-31(52(64)71)49(30)47(26)27)54(73)65(53(32)72)43-9-3-5-11-45(43)67-57(76)36-24-40-41(25-37(36)58(67)77)62(81)69(63)61(40)80/h13-20,22-25,42-46H,2-12,21H2,1H3/t42-,43-,44-,45?,46?,63-/m1/s1. The second-order valence-corrected chi connectivity index (χ2v) is 23.8. The number of amides is 4. The molecule has 18 heteroatoms.